The lowest BCUT2D eigenvalue weighted by atomic mass is 9.44. The van der Waals surface area contributed by atoms with Crippen molar-refractivity contribution in [3.63, 3.8) is 0 Å². The normalized spacial score (nSPS) is 40.7. The summed E-state index contributed by atoms with van der Waals surface area (Å²) in [6, 6.07) is 0.731. The minimum Gasteiger partial charge on any atom is -0.359 e. The van der Waals surface area contributed by atoms with Gasteiger partial charge in [0.2, 0.25) is 5.91 Å². The molecule has 5 heteroatoms. The molecule has 0 aromatic rings. The third-order valence-electron chi connectivity index (χ3n) is 12.1. The Morgan fingerprint density at radius 1 is 0.944 bits per heavy atom. The van der Waals surface area contributed by atoms with Crippen LogP contribution in [0.5, 0.6) is 0 Å². The molecule has 4 rings (SSSR count). The average Bonchev–Trinajstić information content (AvgIpc) is 3.23. The number of nitrogens with two attached hydrogens (primary N) is 1. The molecule has 4 saturated carbocycles. The van der Waals surface area contributed by atoms with E-state index in [-0.39, 0.29) is 5.91 Å². The summed E-state index contributed by atoms with van der Waals surface area (Å²) >= 11 is 0. The van der Waals surface area contributed by atoms with Gasteiger partial charge < -0.3 is 21.7 Å². The molecule has 9 atom stereocenters. The van der Waals surface area contributed by atoms with E-state index in [1.807, 2.05) is 0 Å². The number of hydrogen-bond donors (Lipinski definition) is 4. The van der Waals surface area contributed by atoms with Crippen LogP contribution in [-0.2, 0) is 4.79 Å². The fraction of sp³-hybridized carbons (Fsp3) is 0.968. The summed E-state index contributed by atoms with van der Waals surface area (Å²) in [4.78, 5) is 11.9. The van der Waals surface area contributed by atoms with E-state index in [1.54, 1.807) is 7.05 Å². The molecule has 0 heterocycles. The lowest BCUT2D eigenvalue weighted by molar-refractivity contribution is -0.122. The van der Waals surface area contributed by atoms with E-state index >= 15 is 0 Å². The maximum absolute atomic E-state index is 11.9. The van der Waals surface area contributed by atoms with Crippen molar-refractivity contribution in [3.8, 4) is 0 Å². The largest absolute Gasteiger partial charge is 0.359 e. The van der Waals surface area contributed by atoms with Gasteiger partial charge in [0.25, 0.3) is 0 Å². The van der Waals surface area contributed by atoms with Crippen LogP contribution in [0.2, 0.25) is 0 Å². The van der Waals surface area contributed by atoms with Gasteiger partial charge >= 0.3 is 0 Å². The van der Waals surface area contributed by atoms with Crippen LogP contribution in [0.1, 0.15) is 104 Å². The molecular weight excluding hydrogens is 444 g/mol. The quantitative estimate of drug-likeness (QED) is 0.280. The van der Waals surface area contributed by atoms with E-state index in [0.29, 0.717) is 23.2 Å². The zero-order chi connectivity index (χ0) is 25.8. The Morgan fingerprint density at radius 3 is 2.47 bits per heavy atom. The molecule has 1 amide bonds. The van der Waals surface area contributed by atoms with Crippen molar-refractivity contribution in [1.82, 2.24) is 16.0 Å². The molecule has 0 spiro atoms. The Morgan fingerprint density at radius 2 is 1.69 bits per heavy atom. The van der Waals surface area contributed by atoms with Crippen LogP contribution >= 0.6 is 0 Å². The zero-order valence-electron chi connectivity index (χ0n) is 24.0. The Labute approximate surface area is 222 Å². The van der Waals surface area contributed by atoms with E-state index in [1.165, 1.54) is 64.2 Å². The Hall–Kier alpha value is -0.650. The average molecular weight is 503 g/mol. The van der Waals surface area contributed by atoms with Crippen molar-refractivity contribution in [2.24, 2.45) is 52.1 Å². The molecule has 5 N–H and O–H groups in total. The summed E-state index contributed by atoms with van der Waals surface area (Å²) in [7, 11) is 1.77. The van der Waals surface area contributed by atoms with Crippen molar-refractivity contribution >= 4 is 5.91 Å². The van der Waals surface area contributed by atoms with E-state index in [4.69, 9.17) is 5.73 Å². The van der Waals surface area contributed by atoms with Gasteiger partial charge in [-0.1, -0.05) is 20.8 Å². The molecule has 0 aliphatic heterocycles. The Kier molecular flexibility index (Phi) is 9.82. The molecule has 4 unspecified atom stereocenters. The zero-order valence-corrected chi connectivity index (χ0v) is 24.0. The Bertz CT molecular complexity index is 715. The maximum Gasteiger partial charge on any atom is 0.219 e. The van der Waals surface area contributed by atoms with Gasteiger partial charge in [0.15, 0.2) is 0 Å². The van der Waals surface area contributed by atoms with Crippen LogP contribution in [0.25, 0.3) is 0 Å². The first-order valence-electron chi connectivity index (χ1n) is 15.7. The predicted molar refractivity (Wildman–Crippen MR) is 151 cm³/mol. The molecule has 5 nitrogen and oxygen atoms in total. The third kappa shape index (κ3) is 5.83. The van der Waals surface area contributed by atoms with Crippen molar-refractivity contribution in [3.05, 3.63) is 0 Å². The van der Waals surface area contributed by atoms with Crippen molar-refractivity contribution in [1.29, 1.82) is 0 Å². The predicted octanol–water partition coefficient (Wildman–Crippen LogP) is 5.09. The van der Waals surface area contributed by atoms with Crippen LogP contribution in [0.15, 0.2) is 0 Å². The second-order valence-corrected chi connectivity index (χ2v) is 13.7. The summed E-state index contributed by atoms with van der Waals surface area (Å²) in [6.07, 6.45) is 16.9. The smallest absolute Gasteiger partial charge is 0.219 e. The highest BCUT2D eigenvalue weighted by atomic mass is 16.1. The highest BCUT2D eigenvalue weighted by Crippen LogP contribution is 2.68. The minimum atomic E-state index is 0.209. The summed E-state index contributed by atoms with van der Waals surface area (Å²) in [5.41, 5.74) is 6.65. The number of carbonyl (C=O) groups excluding carboxylic acids is 1. The Balaban J connectivity index is 1.29. The number of hydrogen-bond acceptors (Lipinski definition) is 4. The van der Waals surface area contributed by atoms with Gasteiger partial charge in [0.05, 0.1) is 0 Å². The molecule has 0 bridgehead atoms. The monoisotopic (exact) mass is 502 g/mol. The van der Waals surface area contributed by atoms with Crippen LogP contribution < -0.4 is 21.7 Å². The second-order valence-electron chi connectivity index (χ2n) is 13.7. The van der Waals surface area contributed by atoms with Crippen molar-refractivity contribution < 1.29 is 4.79 Å². The molecule has 0 saturated heterocycles. The number of rotatable bonds is 12. The van der Waals surface area contributed by atoms with E-state index < -0.39 is 0 Å². The fourth-order valence-corrected chi connectivity index (χ4v) is 9.98. The molecule has 0 aromatic heterocycles. The maximum atomic E-state index is 11.9. The third-order valence-corrected chi connectivity index (χ3v) is 12.1. The van der Waals surface area contributed by atoms with E-state index in [9.17, 15) is 4.79 Å². The SMILES string of the molecule is CNC(=O)CC[C@@H](C)[C@H]1CCC2C3CCC4C[C@@H](NCCCNCCCN)CC[C@]4(C)C3CC[C@@]21C. The van der Waals surface area contributed by atoms with Gasteiger partial charge in [0, 0.05) is 19.5 Å². The molecule has 4 aliphatic carbocycles. The highest BCUT2D eigenvalue weighted by Gasteiger charge is 2.60. The lowest BCUT2D eigenvalue weighted by Gasteiger charge is -2.61. The molecule has 0 radical (unpaired) electrons. The second kappa shape index (κ2) is 12.5. The van der Waals surface area contributed by atoms with Gasteiger partial charge in [0.1, 0.15) is 0 Å². The molecule has 4 fully saturated rings. The first-order chi connectivity index (χ1) is 17.3. The minimum absolute atomic E-state index is 0.209. The summed E-state index contributed by atoms with van der Waals surface area (Å²) in [5.74, 6) is 5.42. The van der Waals surface area contributed by atoms with Gasteiger partial charge in [-0.2, -0.15) is 0 Å². The first-order valence-corrected chi connectivity index (χ1v) is 15.7. The fourth-order valence-electron chi connectivity index (χ4n) is 9.98. The summed E-state index contributed by atoms with van der Waals surface area (Å²) in [6.45, 7) is 11.9. The van der Waals surface area contributed by atoms with Gasteiger partial charge in [-0.25, -0.2) is 0 Å². The highest BCUT2D eigenvalue weighted by molar-refractivity contribution is 5.75. The number of fused-ring (bicyclic) bond motifs is 5. The standard InChI is InChI=1S/C31H58N4O/c1-22(7-12-29(36)33-4)26-10-11-27-25-9-8-23-21-24(35-20-6-19-34-18-5-17-32)13-15-30(23,2)28(25)14-16-31(26,27)3/h22-28,34-35H,5-21,32H2,1-4H3,(H,33,36)/t22-,23?,24+,25?,26-,27?,28?,30+,31-/m1/s1. The number of nitrogens with one attached hydrogen (secondary N) is 3. The number of carbonyl (C=O) groups is 1. The van der Waals surface area contributed by atoms with Crippen LogP contribution in [-0.4, -0.2) is 45.2 Å². The van der Waals surface area contributed by atoms with Crippen molar-refractivity contribution in [2.45, 2.75) is 110 Å². The van der Waals surface area contributed by atoms with E-state index in [2.05, 4.69) is 36.7 Å². The molecule has 4 aliphatic rings. The molecular formula is C31H58N4O. The first kappa shape index (κ1) is 28.4. The van der Waals surface area contributed by atoms with Crippen molar-refractivity contribution in [2.75, 3.05) is 33.2 Å². The van der Waals surface area contributed by atoms with Crippen LogP contribution in [0.4, 0.5) is 0 Å². The topological polar surface area (TPSA) is 79.2 Å². The lowest BCUT2D eigenvalue weighted by Crippen LogP contribution is -2.55. The molecule has 0 aromatic carbocycles. The van der Waals surface area contributed by atoms with Crippen LogP contribution in [0, 0.1) is 46.3 Å². The molecule has 36 heavy (non-hydrogen) atoms. The van der Waals surface area contributed by atoms with Crippen LogP contribution in [0.3, 0.4) is 0 Å². The summed E-state index contributed by atoms with van der Waals surface area (Å²) in [5, 5.41) is 10.3. The molecule has 208 valence electrons. The van der Waals surface area contributed by atoms with Gasteiger partial charge in [-0.15, -0.1) is 0 Å². The summed E-state index contributed by atoms with van der Waals surface area (Å²) < 4.78 is 0. The van der Waals surface area contributed by atoms with E-state index in [0.717, 1.165) is 74.7 Å². The van der Waals surface area contributed by atoms with Gasteiger partial charge in [-0.05, 0) is 150 Å². The van der Waals surface area contributed by atoms with Gasteiger partial charge in [-0.3, -0.25) is 4.79 Å². The number of amides is 1.